The van der Waals surface area contributed by atoms with E-state index in [9.17, 15) is 9.59 Å². The van der Waals surface area contributed by atoms with Gasteiger partial charge in [0.2, 0.25) is 5.91 Å². The van der Waals surface area contributed by atoms with Crippen molar-refractivity contribution < 1.29 is 9.59 Å². The molecule has 2 N–H and O–H groups in total. The summed E-state index contributed by atoms with van der Waals surface area (Å²) in [6.07, 6.45) is 3.16. The SMILES string of the molecule is CNC(=O)c1ccc(Cl)cc1NC(=O)/C=C/c1ccc(C)c(C)c1. The van der Waals surface area contributed by atoms with Crippen LogP contribution in [0, 0.1) is 13.8 Å². The van der Waals surface area contributed by atoms with Crippen molar-refractivity contribution in [3.63, 3.8) is 0 Å². The molecule has 0 saturated carbocycles. The molecule has 0 aliphatic heterocycles. The Kier molecular flexibility index (Phi) is 5.77. The minimum Gasteiger partial charge on any atom is -0.355 e. The van der Waals surface area contributed by atoms with Crippen molar-refractivity contribution in [2.24, 2.45) is 0 Å². The minimum absolute atomic E-state index is 0.292. The van der Waals surface area contributed by atoms with Gasteiger partial charge in [0.15, 0.2) is 0 Å². The monoisotopic (exact) mass is 342 g/mol. The smallest absolute Gasteiger partial charge is 0.253 e. The molecule has 0 unspecified atom stereocenters. The molecule has 0 atom stereocenters. The van der Waals surface area contributed by atoms with E-state index in [1.807, 2.05) is 32.0 Å². The predicted molar refractivity (Wildman–Crippen MR) is 98.4 cm³/mol. The molecule has 2 rings (SSSR count). The average Bonchev–Trinajstić information content (AvgIpc) is 2.55. The highest BCUT2D eigenvalue weighted by Crippen LogP contribution is 2.21. The van der Waals surface area contributed by atoms with Crippen LogP contribution in [0.3, 0.4) is 0 Å². The Hall–Kier alpha value is -2.59. The normalized spacial score (nSPS) is 10.7. The molecule has 0 aliphatic rings. The molecule has 0 aliphatic carbocycles. The van der Waals surface area contributed by atoms with Crippen molar-refractivity contribution in [1.29, 1.82) is 0 Å². The number of hydrogen-bond donors (Lipinski definition) is 2. The zero-order valence-corrected chi connectivity index (χ0v) is 14.6. The first-order valence-corrected chi connectivity index (χ1v) is 7.86. The maximum atomic E-state index is 12.1. The van der Waals surface area contributed by atoms with Crippen molar-refractivity contribution in [3.05, 3.63) is 69.8 Å². The lowest BCUT2D eigenvalue weighted by Crippen LogP contribution is -2.20. The number of anilines is 1. The molecule has 0 bridgehead atoms. The highest BCUT2D eigenvalue weighted by Gasteiger charge is 2.12. The molecule has 2 amide bonds. The molecular formula is C19H19ClN2O2. The van der Waals surface area contributed by atoms with Crippen LogP contribution in [0.15, 0.2) is 42.5 Å². The maximum absolute atomic E-state index is 12.1. The zero-order chi connectivity index (χ0) is 17.7. The number of rotatable bonds is 4. The number of aryl methyl sites for hydroxylation is 2. The van der Waals surface area contributed by atoms with Crippen molar-refractivity contribution in [2.75, 3.05) is 12.4 Å². The van der Waals surface area contributed by atoms with E-state index in [-0.39, 0.29) is 11.8 Å². The summed E-state index contributed by atoms with van der Waals surface area (Å²) in [6.45, 7) is 4.06. The Morgan fingerprint density at radius 3 is 2.46 bits per heavy atom. The zero-order valence-electron chi connectivity index (χ0n) is 13.8. The summed E-state index contributed by atoms with van der Waals surface area (Å²) in [4.78, 5) is 24.0. The molecule has 24 heavy (non-hydrogen) atoms. The molecule has 4 nitrogen and oxygen atoms in total. The molecule has 124 valence electrons. The Morgan fingerprint density at radius 2 is 1.79 bits per heavy atom. The van der Waals surface area contributed by atoms with E-state index in [0.717, 1.165) is 11.1 Å². The largest absolute Gasteiger partial charge is 0.355 e. The van der Waals surface area contributed by atoms with Crippen LogP contribution in [0.2, 0.25) is 5.02 Å². The van der Waals surface area contributed by atoms with Crippen LogP contribution in [0.25, 0.3) is 6.08 Å². The summed E-state index contributed by atoms with van der Waals surface area (Å²) in [5.74, 6) is -0.624. The van der Waals surface area contributed by atoms with Crippen LogP contribution in [-0.4, -0.2) is 18.9 Å². The van der Waals surface area contributed by atoms with Crippen LogP contribution < -0.4 is 10.6 Å². The molecule has 0 radical (unpaired) electrons. The maximum Gasteiger partial charge on any atom is 0.253 e. The molecule has 0 fully saturated rings. The number of amides is 2. The van der Waals surface area contributed by atoms with Crippen molar-refractivity contribution in [3.8, 4) is 0 Å². The van der Waals surface area contributed by atoms with E-state index in [2.05, 4.69) is 10.6 Å². The second-order valence-electron chi connectivity index (χ2n) is 5.44. The van der Waals surface area contributed by atoms with E-state index in [4.69, 9.17) is 11.6 Å². The standard InChI is InChI=1S/C19H19ClN2O2/c1-12-4-5-14(10-13(12)2)6-9-18(23)22-17-11-15(20)7-8-16(17)19(24)21-3/h4-11H,1-3H3,(H,21,24)(H,22,23)/b9-6+. The van der Waals surface area contributed by atoms with Gasteiger partial charge in [-0.25, -0.2) is 0 Å². The number of benzene rings is 2. The van der Waals surface area contributed by atoms with E-state index in [1.54, 1.807) is 24.3 Å². The lowest BCUT2D eigenvalue weighted by Gasteiger charge is -2.09. The van der Waals surface area contributed by atoms with Gasteiger partial charge in [0.05, 0.1) is 11.3 Å². The second-order valence-corrected chi connectivity index (χ2v) is 5.87. The minimum atomic E-state index is -0.333. The van der Waals surface area contributed by atoms with Crippen molar-refractivity contribution in [1.82, 2.24) is 5.32 Å². The highest BCUT2D eigenvalue weighted by molar-refractivity contribution is 6.31. The number of carbonyl (C=O) groups is 2. The van der Waals surface area contributed by atoms with Gasteiger partial charge in [0.25, 0.3) is 5.91 Å². The highest BCUT2D eigenvalue weighted by atomic mass is 35.5. The average molecular weight is 343 g/mol. The van der Waals surface area contributed by atoms with Gasteiger partial charge in [-0.15, -0.1) is 0 Å². The Balaban J connectivity index is 2.17. The van der Waals surface area contributed by atoms with Gasteiger partial charge in [-0.1, -0.05) is 29.8 Å². The fraction of sp³-hybridized carbons (Fsp3) is 0.158. The molecule has 5 heteroatoms. The molecule has 0 spiro atoms. The summed E-state index contributed by atoms with van der Waals surface area (Å²) < 4.78 is 0. The third-order valence-corrected chi connectivity index (χ3v) is 3.90. The summed E-state index contributed by atoms with van der Waals surface area (Å²) in [7, 11) is 1.53. The van der Waals surface area contributed by atoms with E-state index >= 15 is 0 Å². The molecule has 0 aromatic heterocycles. The van der Waals surface area contributed by atoms with Gasteiger partial charge in [0, 0.05) is 18.1 Å². The van der Waals surface area contributed by atoms with Gasteiger partial charge in [-0.2, -0.15) is 0 Å². The van der Waals surface area contributed by atoms with Gasteiger partial charge in [-0.05, 0) is 54.8 Å². The number of carbonyl (C=O) groups excluding carboxylic acids is 2. The predicted octanol–water partition coefficient (Wildman–Crippen LogP) is 3.97. The number of hydrogen-bond acceptors (Lipinski definition) is 2. The third-order valence-electron chi connectivity index (χ3n) is 3.67. The van der Waals surface area contributed by atoms with Crippen LogP contribution in [-0.2, 0) is 4.79 Å². The summed E-state index contributed by atoms with van der Waals surface area (Å²) in [5.41, 5.74) is 4.03. The first-order valence-electron chi connectivity index (χ1n) is 7.48. The summed E-state index contributed by atoms with van der Waals surface area (Å²) >= 11 is 5.95. The third kappa shape index (κ3) is 4.46. The quantitative estimate of drug-likeness (QED) is 0.826. The van der Waals surface area contributed by atoms with Gasteiger partial charge in [0.1, 0.15) is 0 Å². The van der Waals surface area contributed by atoms with Crippen LogP contribution in [0.5, 0.6) is 0 Å². The summed E-state index contributed by atoms with van der Waals surface area (Å²) in [6, 6.07) is 10.7. The molecule has 2 aromatic carbocycles. The lowest BCUT2D eigenvalue weighted by molar-refractivity contribution is -0.111. The van der Waals surface area contributed by atoms with E-state index in [1.165, 1.54) is 18.7 Å². The summed E-state index contributed by atoms with van der Waals surface area (Å²) in [5, 5.41) is 5.67. The second kappa shape index (κ2) is 7.79. The van der Waals surface area contributed by atoms with Crippen LogP contribution in [0.1, 0.15) is 27.0 Å². The lowest BCUT2D eigenvalue weighted by atomic mass is 10.1. The van der Waals surface area contributed by atoms with Gasteiger partial charge >= 0.3 is 0 Å². The molecule has 0 saturated heterocycles. The molecule has 2 aromatic rings. The van der Waals surface area contributed by atoms with Crippen molar-refractivity contribution >= 4 is 35.2 Å². The topological polar surface area (TPSA) is 58.2 Å². The Morgan fingerprint density at radius 1 is 1.04 bits per heavy atom. The molecule has 0 heterocycles. The number of nitrogens with one attached hydrogen (secondary N) is 2. The number of halogens is 1. The van der Waals surface area contributed by atoms with Gasteiger partial charge in [-0.3, -0.25) is 9.59 Å². The van der Waals surface area contributed by atoms with Crippen LogP contribution >= 0.6 is 11.6 Å². The van der Waals surface area contributed by atoms with Crippen molar-refractivity contribution in [2.45, 2.75) is 13.8 Å². The first-order chi connectivity index (χ1) is 11.4. The molecular weight excluding hydrogens is 324 g/mol. The van der Waals surface area contributed by atoms with E-state index in [0.29, 0.717) is 16.3 Å². The Bertz CT molecular complexity index is 813. The van der Waals surface area contributed by atoms with Crippen LogP contribution in [0.4, 0.5) is 5.69 Å². The van der Waals surface area contributed by atoms with E-state index < -0.39 is 0 Å². The van der Waals surface area contributed by atoms with Gasteiger partial charge < -0.3 is 10.6 Å². The fourth-order valence-electron chi connectivity index (χ4n) is 2.17. The first kappa shape index (κ1) is 17.8. The fourth-order valence-corrected chi connectivity index (χ4v) is 2.34. The Labute approximate surface area is 146 Å².